The molecule has 118 valence electrons. The van der Waals surface area contributed by atoms with Crippen LogP contribution >= 0.6 is 23.1 Å². The maximum absolute atomic E-state index is 11.4. The largest absolute Gasteiger partial charge is 0.465 e. The van der Waals surface area contributed by atoms with Crippen molar-refractivity contribution in [2.75, 3.05) is 12.4 Å². The van der Waals surface area contributed by atoms with E-state index in [1.807, 2.05) is 6.92 Å². The highest BCUT2D eigenvalue weighted by Crippen LogP contribution is 2.30. The molecule has 0 unspecified atom stereocenters. The molecule has 2 rings (SSSR count). The summed E-state index contributed by atoms with van der Waals surface area (Å²) in [6, 6.07) is 0. The summed E-state index contributed by atoms with van der Waals surface area (Å²) in [5.41, 5.74) is 0. The van der Waals surface area contributed by atoms with E-state index in [-0.39, 0.29) is 17.5 Å². The normalized spacial score (nSPS) is 10.6. The van der Waals surface area contributed by atoms with Gasteiger partial charge in [0.05, 0.1) is 19.4 Å². The molecule has 2 heterocycles. The molecular weight excluding hydrogens is 330 g/mol. The van der Waals surface area contributed by atoms with E-state index in [0.29, 0.717) is 21.8 Å². The van der Waals surface area contributed by atoms with E-state index in [1.54, 1.807) is 0 Å². The van der Waals surface area contributed by atoms with Crippen molar-refractivity contribution < 1.29 is 14.5 Å². The minimum Gasteiger partial charge on any atom is -0.465 e. The fraction of sp³-hybridized carbons (Fsp3) is 0.455. The topological polar surface area (TPSA) is 113 Å². The van der Waals surface area contributed by atoms with E-state index in [4.69, 9.17) is 4.74 Å². The van der Waals surface area contributed by atoms with Crippen LogP contribution in [-0.4, -0.2) is 43.0 Å². The molecule has 0 radical (unpaired) electrons. The van der Waals surface area contributed by atoms with Crippen molar-refractivity contribution in [2.45, 2.75) is 17.7 Å². The highest BCUT2D eigenvalue weighted by atomic mass is 32.2. The Hall–Kier alpha value is -2.01. The molecule has 0 saturated heterocycles. The molecule has 0 aliphatic heterocycles. The van der Waals surface area contributed by atoms with Crippen LogP contribution in [0.25, 0.3) is 10.8 Å². The van der Waals surface area contributed by atoms with E-state index in [0.717, 1.165) is 6.42 Å². The number of hydrogen-bond donors (Lipinski definition) is 0. The second kappa shape index (κ2) is 7.31. The second-order valence-electron chi connectivity index (χ2n) is 4.14. The zero-order chi connectivity index (χ0) is 16.1. The van der Waals surface area contributed by atoms with Gasteiger partial charge in [-0.1, -0.05) is 30.0 Å². The maximum atomic E-state index is 11.4. The molecule has 0 atom stereocenters. The van der Waals surface area contributed by atoms with Crippen molar-refractivity contribution >= 4 is 34.9 Å². The Kier molecular flexibility index (Phi) is 5.44. The maximum Gasteiger partial charge on any atom is 0.342 e. The van der Waals surface area contributed by atoms with E-state index >= 15 is 0 Å². The number of ether oxygens (including phenoxy) is 1. The Morgan fingerprint density at radius 2 is 2.32 bits per heavy atom. The van der Waals surface area contributed by atoms with E-state index in [9.17, 15) is 14.9 Å². The summed E-state index contributed by atoms with van der Waals surface area (Å²) in [5, 5.41) is 19.1. The monoisotopic (exact) mass is 343 g/mol. The number of nitrogens with zero attached hydrogens (tertiary/aromatic N) is 5. The third-order valence-electron chi connectivity index (χ3n) is 2.53. The molecule has 0 bridgehead atoms. The van der Waals surface area contributed by atoms with Crippen molar-refractivity contribution in [2.24, 2.45) is 7.05 Å². The van der Waals surface area contributed by atoms with Gasteiger partial charge in [-0.3, -0.25) is 4.79 Å². The fourth-order valence-corrected chi connectivity index (χ4v) is 3.19. The number of aromatic nitrogens is 4. The average Bonchev–Trinajstić information content (AvgIpc) is 3.09. The fourth-order valence-electron chi connectivity index (χ4n) is 1.51. The van der Waals surface area contributed by atoms with Crippen molar-refractivity contribution in [3.05, 3.63) is 16.3 Å². The molecule has 0 N–H and O–H groups in total. The van der Waals surface area contributed by atoms with Crippen LogP contribution in [0, 0.1) is 10.1 Å². The summed E-state index contributed by atoms with van der Waals surface area (Å²) < 4.78 is 6.87. The molecular formula is C11H13N5O4S2. The Morgan fingerprint density at radius 1 is 1.55 bits per heavy atom. The lowest BCUT2D eigenvalue weighted by molar-refractivity contribution is -0.391. The summed E-state index contributed by atoms with van der Waals surface area (Å²) in [6.07, 6.45) is 1.95. The first kappa shape index (κ1) is 16.4. The van der Waals surface area contributed by atoms with Crippen molar-refractivity contribution in [1.29, 1.82) is 0 Å². The van der Waals surface area contributed by atoms with Gasteiger partial charge in [0.15, 0.2) is 4.34 Å². The Bertz CT molecular complexity index is 684. The summed E-state index contributed by atoms with van der Waals surface area (Å²) in [6.45, 7) is 2.32. The molecule has 2 aromatic rings. The Balaban J connectivity index is 2.02. The minimum atomic E-state index is -0.517. The van der Waals surface area contributed by atoms with Crippen molar-refractivity contribution in [3.63, 3.8) is 0 Å². The number of hydrogen-bond acceptors (Lipinski definition) is 9. The third kappa shape index (κ3) is 3.80. The van der Waals surface area contributed by atoms with Gasteiger partial charge in [-0.25, -0.2) is 9.55 Å². The predicted octanol–water partition coefficient (Wildman–Crippen LogP) is 1.89. The summed E-state index contributed by atoms with van der Waals surface area (Å²) in [4.78, 5) is 25.7. The summed E-state index contributed by atoms with van der Waals surface area (Å²) in [7, 11) is 1.54. The van der Waals surface area contributed by atoms with Crippen LogP contribution in [0.15, 0.2) is 10.5 Å². The molecule has 2 aromatic heterocycles. The molecule has 0 spiro atoms. The zero-order valence-corrected chi connectivity index (χ0v) is 13.5. The molecule has 0 amide bonds. The van der Waals surface area contributed by atoms with Crippen LogP contribution in [0.2, 0.25) is 0 Å². The van der Waals surface area contributed by atoms with E-state index in [2.05, 4.69) is 15.2 Å². The number of thioether (sulfide) groups is 1. The van der Waals surface area contributed by atoms with Gasteiger partial charge in [0, 0.05) is 0 Å². The first-order chi connectivity index (χ1) is 10.5. The standard InChI is InChI=1S/C11H13N5O4S2/c1-3-4-20-8(17)6-21-11-14-13-10(22-11)9-12-5-7(15(9)2)16(18)19/h5H,3-4,6H2,1-2H3. The lowest BCUT2D eigenvalue weighted by atomic mass is 10.5. The van der Waals surface area contributed by atoms with Crippen molar-refractivity contribution in [3.8, 4) is 10.8 Å². The lowest BCUT2D eigenvalue weighted by Crippen LogP contribution is -2.07. The Morgan fingerprint density at radius 3 is 2.95 bits per heavy atom. The molecule has 0 aromatic carbocycles. The number of carbonyl (C=O) groups is 1. The molecule has 22 heavy (non-hydrogen) atoms. The smallest absolute Gasteiger partial charge is 0.342 e. The van der Waals surface area contributed by atoms with Crippen LogP contribution in [0.3, 0.4) is 0 Å². The van der Waals surface area contributed by atoms with Gasteiger partial charge in [-0.15, -0.1) is 10.2 Å². The first-order valence-electron chi connectivity index (χ1n) is 6.31. The Labute approximate surface area is 133 Å². The first-order valence-corrected chi connectivity index (χ1v) is 8.11. The summed E-state index contributed by atoms with van der Waals surface area (Å²) >= 11 is 2.43. The summed E-state index contributed by atoms with van der Waals surface area (Å²) in [5.74, 6) is 0.0819. The average molecular weight is 343 g/mol. The number of imidazole rings is 1. The number of rotatable bonds is 7. The second-order valence-corrected chi connectivity index (χ2v) is 6.34. The quantitative estimate of drug-likeness (QED) is 0.324. The highest BCUT2D eigenvalue weighted by molar-refractivity contribution is 8.01. The van der Waals surface area contributed by atoms with E-state index < -0.39 is 4.92 Å². The van der Waals surface area contributed by atoms with Gasteiger partial charge in [-0.05, 0) is 11.3 Å². The molecule has 0 fully saturated rings. The van der Waals surface area contributed by atoms with Gasteiger partial charge in [-0.2, -0.15) is 0 Å². The lowest BCUT2D eigenvalue weighted by Gasteiger charge is -2.00. The van der Waals surface area contributed by atoms with E-state index in [1.165, 1.54) is 40.9 Å². The molecule has 0 aliphatic rings. The van der Waals surface area contributed by atoms with Crippen LogP contribution in [-0.2, 0) is 16.6 Å². The predicted molar refractivity (Wildman–Crippen MR) is 80.7 cm³/mol. The number of esters is 1. The molecule has 11 heteroatoms. The zero-order valence-electron chi connectivity index (χ0n) is 11.9. The van der Waals surface area contributed by atoms with Gasteiger partial charge in [0.1, 0.15) is 6.20 Å². The van der Waals surface area contributed by atoms with Gasteiger partial charge in [0.25, 0.3) is 5.82 Å². The highest BCUT2D eigenvalue weighted by Gasteiger charge is 2.21. The van der Waals surface area contributed by atoms with Crippen LogP contribution in [0.5, 0.6) is 0 Å². The minimum absolute atomic E-state index is 0.123. The van der Waals surface area contributed by atoms with Crippen LogP contribution < -0.4 is 0 Å². The van der Waals surface area contributed by atoms with Gasteiger partial charge in [0.2, 0.25) is 5.01 Å². The molecule has 0 saturated carbocycles. The molecule has 0 aliphatic carbocycles. The van der Waals surface area contributed by atoms with Gasteiger partial charge >= 0.3 is 11.8 Å². The third-order valence-corrected chi connectivity index (χ3v) is 4.56. The SMILES string of the molecule is CCCOC(=O)CSc1nnc(-c2ncc([N+](=O)[O-])n2C)s1. The number of nitro groups is 1. The van der Waals surface area contributed by atoms with Crippen molar-refractivity contribution in [1.82, 2.24) is 19.7 Å². The number of carbonyl (C=O) groups excluding carboxylic acids is 1. The molecule has 9 nitrogen and oxygen atoms in total. The van der Waals surface area contributed by atoms with Crippen LogP contribution in [0.1, 0.15) is 13.3 Å². The van der Waals surface area contributed by atoms with Crippen LogP contribution in [0.4, 0.5) is 5.82 Å². The van der Waals surface area contributed by atoms with Gasteiger partial charge < -0.3 is 14.9 Å².